The smallest absolute Gasteiger partial charge is 0.320 e. The van der Waals surface area contributed by atoms with E-state index in [4.69, 9.17) is 0 Å². The zero-order valence-electron chi connectivity index (χ0n) is 22.0. The van der Waals surface area contributed by atoms with Crippen LogP contribution >= 0.6 is 11.3 Å². The average Bonchev–Trinajstić information content (AvgIpc) is 3.68. The van der Waals surface area contributed by atoms with E-state index in [2.05, 4.69) is 50.5 Å². The number of rotatable bonds is 7. The van der Waals surface area contributed by atoms with Crippen LogP contribution in [0.5, 0.6) is 0 Å². The maximum atomic E-state index is 12.7. The number of likely N-dealkylation sites (tertiary alicyclic amines) is 1. The molecule has 0 bridgehead atoms. The van der Waals surface area contributed by atoms with Crippen molar-refractivity contribution in [2.24, 2.45) is 0 Å². The lowest BCUT2D eigenvalue weighted by Gasteiger charge is -2.36. The van der Waals surface area contributed by atoms with Crippen LogP contribution in [0.3, 0.4) is 0 Å². The average molecular weight is 543 g/mol. The molecule has 6 rings (SSSR count). The lowest BCUT2D eigenvalue weighted by Crippen LogP contribution is -2.52. The summed E-state index contributed by atoms with van der Waals surface area (Å²) in [6, 6.07) is 20.8. The van der Waals surface area contributed by atoms with Gasteiger partial charge in [0.25, 0.3) is 0 Å². The van der Waals surface area contributed by atoms with Crippen LogP contribution in [-0.2, 0) is 6.54 Å². The first kappa shape index (κ1) is 25.7. The summed E-state index contributed by atoms with van der Waals surface area (Å²) in [4.78, 5) is 30.1. The van der Waals surface area contributed by atoms with E-state index in [1.54, 1.807) is 17.7 Å². The largest absolute Gasteiger partial charge is 0.394 e. The monoisotopic (exact) mass is 542 g/mol. The number of aliphatic hydroxyl groups is 1. The number of amides is 2. The highest BCUT2D eigenvalue weighted by molar-refractivity contribution is 7.21. The predicted octanol–water partition coefficient (Wildman–Crippen LogP) is 4.84. The number of urea groups is 1. The van der Waals surface area contributed by atoms with Crippen molar-refractivity contribution in [2.75, 3.05) is 51.2 Å². The molecule has 2 N–H and O–H groups in total. The number of fused-ring (bicyclic) bond motifs is 1. The van der Waals surface area contributed by atoms with Gasteiger partial charge < -0.3 is 20.2 Å². The Hall–Kier alpha value is -3.53. The van der Waals surface area contributed by atoms with Crippen molar-refractivity contribution in [1.82, 2.24) is 24.7 Å². The fourth-order valence-electron chi connectivity index (χ4n) is 5.44. The first-order chi connectivity index (χ1) is 19.2. The topological polar surface area (TPSA) is 84.8 Å². The van der Waals surface area contributed by atoms with Gasteiger partial charge in [0.1, 0.15) is 17.0 Å². The molecule has 9 heteroatoms. The molecule has 2 aromatic carbocycles. The third-order valence-corrected chi connectivity index (χ3v) is 8.78. The molecule has 202 valence electrons. The molecule has 0 spiro atoms. The number of benzene rings is 2. The van der Waals surface area contributed by atoms with Crippen molar-refractivity contribution in [2.45, 2.75) is 25.4 Å². The number of nitrogens with one attached hydrogen (secondary N) is 1. The zero-order valence-corrected chi connectivity index (χ0v) is 22.8. The van der Waals surface area contributed by atoms with Gasteiger partial charge in [-0.15, -0.1) is 11.3 Å². The van der Waals surface area contributed by atoms with E-state index in [0.717, 1.165) is 90.7 Å². The number of anilines is 1. The van der Waals surface area contributed by atoms with Gasteiger partial charge in [-0.25, -0.2) is 14.8 Å². The van der Waals surface area contributed by atoms with Gasteiger partial charge in [-0.05, 0) is 35.6 Å². The predicted molar refractivity (Wildman–Crippen MR) is 156 cm³/mol. The molecule has 4 heterocycles. The number of aliphatic hydroxyl groups excluding tert-OH is 1. The summed E-state index contributed by atoms with van der Waals surface area (Å²) in [5.41, 5.74) is 3.43. The molecule has 2 aliphatic heterocycles. The van der Waals surface area contributed by atoms with E-state index < -0.39 is 0 Å². The number of carbonyl (C=O) groups is 1. The number of aromatic nitrogens is 2. The summed E-state index contributed by atoms with van der Waals surface area (Å²) in [5, 5.41) is 14.4. The molecule has 2 fully saturated rings. The van der Waals surface area contributed by atoms with Crippen molar-refractivity contribution in [3.05, 3.63) is 78.1 Å². The number of nitrogens with zero attached hydrogens (tertiary/aromatic N) is 5. The van der Waals surface area contributed by atoms with E-state index in [9.17, 15) is 9.90 Å². The van der Waals surface area contributed by atoms with E-state index in [1.807, 2.05) is 40.1 Å². The highest BCUT2D eigenvalue weighted by Crippen LogP contribution is 2.36. The lowest BCUT2D eigenvalue weighted by molar-refractivity contribution is 0.115. The molecule has 39 heavy (non-hydrogen) atoms. The minimum absolute atomic E-state index is 0.0300. The molecular formula is C30H34N6O2S. The summed E-state index contributed by atoms with van der Waals surface area (Å²) in [5.74, 6) is 0.726. The van der Waals surface area contributed by atoms with Crippen LogP contribution in [0.4, 0.5) is 10.6 Å². The molecule has 1 atom stereocenters. The molecule has 1 unspecified atom stereocenters. The fourth-order valence-corrected chi connectivity index (χ4v) is 6.44. The third-order valence-electron chi connectivity index (χ3n) is 7.69. The first-order valence-electron chi connectivity index (χ1n) is 13.7. The van der Waals surface area contributed by atoms with Gasteiger partial charge in [0, 0.05) is 50.7 Å². The number of piperazine rings is 1. The lowest BCUT2D eigenvalue weighted by atomic mass is 10.1. The number of hydrogen-bond acceptors (Lipinski definition) is 7. The summed E-state index contributed by atoms with van der Waals surface area (Å²) in [6.07, 6.45) is 3.84. The minimum Gasteiger partial charge on any atom is -0.394 e. The Morgan fingerprint density at radius 3 is 2.36 bits per heavy atom. The molecule has 8 nitrogen and oxygen atoms in total. The number of hydrogen-bond donors (Lipinski definition) is 2. The standard InChI is InChI=1S/C30H34N6O2S/c37-20-26(23-6-2-1-3-7-23)33-28-25-18-27(39-29(25)32-21-31-28)24-10-8-22(9-11-24)19-34-14-16-36(17-15-34)30(38)35-12-4-5-13-35/h1-3,6-11,18,21,26,37H,4-5,12-17,19-20H2,(H,31,32,33). The van der Waals surface area contributed by atoms with E-state index in [-0.39, 0.29) is 18.7 Å². The SMILES string of the molecule is O=C(N1CCCC1)N1CCN(Cc2ccc(-c3cc4c(NC(CO)c5ccccc5)ncnc4s3)cc2)CC1. The second-order valence-corrected chi connectivity index (χ2v) is 11.3. The van der Waals surface area contributed by atoms with Crippen LogP contribution in [-0.4, -0.2) is 81.7 Å². The normalized spacial score (nSPS) is 17.1. The Labute approximate surface area is 232 Å². The van der Waals surface area contributed by atoms with Crippen molar-refractivity contribution in [3.63, 3.8) is 0 Å². The van der Waals surface area contributed by atoms with Crippen LogP contribution in [0.1, 0.15) is 30.0 Å². The van der Waals surface area contributed by atoms with Gasteiger partial charge in [0.05, 0.1) is 18.0 Å². The number of carbonyl (C=O) groups excluding carboxylic acids is 1. The molecule has 2 amide bonds. The molecule has 2 aromatic heterocycles. The molecule has 0 aliphatic carbocycles. The van der Waals surface area contributed by atoms with Gasteiger partial charge in [0.15, 0.2) is 0 Å². The third kappa shape index (κ3) is 5.75. The first-order valence-corrected chi connectivity index (χ1v) is 14.5. The summed E-state index contributed by atoms with van der Waals surface area (Å²) >= 11 is 1.64. The van der Waals surface area contributed by atoms with Crippen LogP contribution in [0.2, 0.25) is 0 Å². The van der Waals surface area contributed by atoms with Crippen molar-refractivity contribution < 1.29 is 9.90 Å². The van der Waals surface area contributed by atoms with Crippen LogP contribution < -0.4 is 5.32 Å². The van der Waals surface area contributed by atoms with Gasteiger partial charge in [-0.1, -0.05) is 54.6 Å². The molecule has 2 saturated heterocycles. The van der Waals surface area contributed by atoms with Crippen LogP contribution in [0.25, 0.3) is 20.7 Å². The van der Waals surface area contributed by atoms with Crippen molar-refractivity contribution in [1.29, 1.82) is 0 Å². The molecule has 4 aromatic rings. The van der Waals surface area contributed by atoms with E-state index in [1.165, 1.54) is 5.56 Å². The Morgan fingerprint density at radius 1 is 0.923 bits per heavy atom. The minimum atomic E-state index is -0.243. The summed E-state index contributed by atoms with van der Waals surface area (Å²) < 4.78 is 0. The zero-order chi connectivity index (χ0) is 26.6. The van der Waals surface area contributed by atoms with Gasteiger partial charge >= 0.3 is 6.03 Å². The molecule has 0 saturated carbocycles. The van der Waals surface area contributed by atoms with Gasteiger partial charge in [-0.2, -0.15) is 0 Å². The summed E-state index contributed by atoms with van der Waals surface area (Å²) in [7, 11) is 0. The summed E-state index contributed by atoms with van der Waals surface area (Å²) in [6.45, 7) is 6.09. The Bertz CT molecular complexity index is 1400. The highest BCUT2D eigenvalue weighted by atomic mass is 32.1. The Kier molecular flexibility index (Phi) is 7.71. The van der Waals surface area contributed by atoms with Crippen LogP contribution in [0, 0.1) is 0 Å². The number of thiophene rings is 1. The molecule has 0 radical (unpaired) electrons. The molecule has 2 aliphatic rings. The van der Waals surface area contributed by atoms with Crippen molar-refractivity contribution >= 4 is 33.4 Å². The maximum absolute atomic E-state index is 12.7. The maximum Gasteiger partial charge on any atom is 0.320 e. The van der Waals surface area contributed by atoms with E-state index in [0.29, 0.717) is 0 Å². The van der Waals surface area contributed by atoms with Crippen molar-refractivity contribution in [3.8, 4) is 10.4 Å². The highest BCUT2D eigenvalue weighted by Gasteiger charge is 2.26. The second kappa shape index (κ2) is 11.7. The molecular weight excluding hydrogens is 508 g/mol. The van der Waals surface area contributed by atoms with Gasteiger partial charge in [-0.3, -0.25) is 4.90 Å². The van der Waals surface area contributed by atoms with Crippen LogP contribution in [0.15, 0.2) is 67.0 Å². The van der Waals surface area contributed by atoms with Gasteiger partial charge in [0.2, 0.25) is 0 Å². The quantitative estimate of drug-likeness (QED) is 0.348. The Morgan fingerprint density at radius 2 is 1.64 bits per heavy atom. The Balaban J connectivity index is 1.10. The fraction of sp³-hybridized carbons (Fsp3) is 0.367. The second-order valence-electron chi connectivity index (χ2n) is 10.3. The van der Waals surface area contributed by atoms with E-state index >= 15 is 0 Å².